The molecule has 2 aliphatic heterocycles. The van der Waals surface area contributed by atoms with Crippen LogP contribution in [-0.2, 0) is 16.0 Å². The normalized spacial score (nSPS) is 16.3. The molecule has 172 valence electrons. The molecule has 34 heavy (non-hydrogen) atoms. The van der Waals surface area contributed by atoms with Gasteiger partial charge in [0.25, 0.3) is 5.91 Å². The predicted octanol–water partition coefficient (Wildman–Crippen LogP) is 3.62. The van der Waals surface area contributed by atoms with Gasteiger partial charge in [0.1, 0.15) is 0 Å². The average Bonchev–Trinajstić information content (AvgIpc) is 3.18. The minimum atomic E-state index is -0.445. The zero-order valence-corrected chi connectivity index (χ0v) is 18.7. The van der Waals surface area contributed by atoms with Gasteiger partial charge >= 0.3 is 0 Å². The van der Waals surface area contributed by atoms with Crippen molar-refractivity contribution < 1.29 is 14.3 Å². The maximum atomic E-state index is 12.6. The molecule has 0 aliphatic carbocycles. The van der Waals surface area contributed by atoms with Crippen molar-refractivity contribution in [2.45, 2.75) is 6.42 Å². The molecule has 1 saturated heterocycles. The SMILES string of the molecule is NC(=O)c1cccc(Cc2ccc3c(c2)C(=CNc2ccc(N4CCOCC4)cc2)C(=O)N3)c1. The Labute approximate surface area is 198 Å². The molecule has 0 saturated carbocycles. The van der Waals surface area contributed by atoms with Crippen molar-refractivity contribution in [3.8, 4) is 0 Å². The molecule has 0 unspecified atom stereocenters. The summed E-state index contributed by atoms with van der Waals surface area (Å²) in [4.78, 5) is 26.4. The largest absolute Gasteiger partial charge is 0.378 e. The number of hydrogen-bond donors (Lipinski definition) is 3. The lowest BCUT2D eigenvalue weighted by atomic mass is 9.99. The molecule has 4 N–H and O–H groups in total. The maximum absolute atomic E-state index is 12.6. The number of nitrogens with zero attached hydrogens (tertiary/aromatic N) is 1. The van der Waals surface area contributed by atoms with E-state index in [0.717, 1.165) is 60.1 Å². The molecular formula is C27H26N4O3. The second-order valence-corrected chi connectivity index (χ2v) is 8.42. The summed E-state index contributed by atoms with van der Waals surface area (Å²) in [6.45, 7) is 3.28. The number of nitrogens with one attached hydrogen (secondary N) is 2. The Morgan fingerprint density at radius 2 is 1.79 bits per heavy atom. The first-order valence-electron chi connectivity index (χ1n) is 11.3. The van der Waals surface area contributed by atoms with Crippen molar-refractivity contribution in [3.05, 3.63) is 95.2 Å². The van der Waals surface area contributed by atoms with Crippen molar-refractivity contribution in [1.82, 2.24) is 0 Å². The van der Waals surface area contributed by atoms with E-state index in [4.69, 9.17) is 10.5 Å². The van der Waals surface area contributed by atoms with E-state index in [1.807, 2.05) is 42.5 Å². The average molecular weight is 455 g/mol. The van der Waals surface area contributed by atoms with Crippen LogP contribution in [0.2, 0.25) is 0 Å². The lowest BCUT2D eigenvalue weighted by Crippen LogP contribution is -2.36. The van der Waals surface area contributed by atoms with Crippen molar-refractivity contribution in [1.29, 1.82) is 0 Å². The van der Waals surface area contributed by atoms with Crippen LogP contribution in [0.1, 0.15) is 27.0 Å². The fraction of sp³-hybridized carbons (Fsp3) is 0.185. The summed E-state index contributed by atoms with van der Waals surface area (Å²) in [6.07, 6.45) is 2.38. The predicted molar refractivity (Wildman–Crippen MR) is 134 cm³/mol. The van der Waals surface area contributed by atoms with Crippen LogP contribution in [0.4, 0.5) is 17.1 Å². The monoisotopic (exact) mass is 454 g/mol. The Morgan fingerprint density at radius 1 is 1.03 bits per heavy atom. The third-order valence-corrected chi connectivity index (χ3v) is 6.11. The van der Waals surface area contributed by atoms with E-state index in [-0.39, 0.29) is 5.91 Å². The molecule has 0 aromatic heterocycles. The van der Waals surface area contributed by atoms with E-state index in [1.165, 1.54) is 0 Å². The molecule has 3 aromatic rings. The van der Waals surface area contributed by atoms with Crippen LogP contribution in [-0.4, -0.2) is 38.1 Å². The molecule has 7 nitrogen and oxygen atoms in total. The van der Waals surface area contributed by atoms with Crippen LogP contribution in [0.25, 0.3) is 5.57 Å². The fourth-order valence-corrected chi connectivity index (χ4v) is 4.30. The van der Waals surface area contributed by atoms with Gasteiger partial charge in [-0.25, -0.2) is 0 Å². The molecule has 2 aliphatic rings. The van der Waals surface area contributed by atoms with Crippen LogP contribution in [0.5, 0.6) is 0 Å². The molecule has 1 fully saturated rings. The first-order chi connectivity index (χ1) is 16.6. The molecule has 5 rings (SSSR count). The van der Waals surface area contributed by atoms with E-state index in [2.05, 4.69) is 27.7 Å². The lowest BCUT2D eigenvalue weighted by Gasteiger charge is -2.28. The number of ether oxygens (including phenoxy) is 1. The van der Waals surface area contributed by atoms with Crippen LogP contribution in [0, 0.1) is 0 Å². The Kier molecular flexibility index (Phi) is 6.01. The molecule has 2 amide bonds. The Morgan fingerprint density at radius 3 is 2.56 bits per heavy atom. The van der Waals surface area contributed by atoms with Crippen LogP contribution < -0.4 is 21.3 Å². The number of amides is 2. The smallest absolute Gasteiger partial charge is 0.257 e. The summed E-state index contributed by atoms with van der Waals surface area (Å²) >= 11 is 0. The number of fused-ring (bicyclic) bond motifs is 1. The van der Waals surface area contributed by atoms with Gasteiger partial charge in [-0.05, 0) is 66.1 Å². The highest BCUT2D eigenvalue weighted by Gasteiger charge is 2.24. The highest BCUT2D eigenvalue weighted by atomic mass is 16.5. The van der Waals surface area contributed by atoms with Gasteiger partial charge < -0.3 is 26.0 Å². The summed E-state index contributed by atoms with van der Waals surface area (Å²) < 4.78 is 5.42. The zero-order chi connectivity index (χ0) is 23.5. The fourth-order valence-electron chi connectivity index (χ4n) is 4.30. The quantitative estimate of drug-likeness (QED) is 0.495. The number of carbonyl (C=O) groups is 2. The molecule has 3 aromatic carbocycles. The first-order valence-corrected chi connectivity index (χ1v) is 11.3. The number of anilines is 3. The molecule has 0 atom stereocenters. The Hall–Kier alpha value is -4.10. The van der Waals surface area contributed by atoms with E-state index >= 15 is 0 Å². The van der Waals surface area contributed by atoms with Crippen molar-refractivity contribution >= 4 is 34.4 Å². The highest BCUT2D eigenvalue weighted by molar-refractivity contribution is 6.31. The number of nitrogens with two attached hydrogens (primary N) is 1. The van der Waals surface area contributed by atoms with E-state index < -0.39 is 5.91 Å². The summed E-state index contributed by atoms with van der Waals surface area (Å²) in [7, 11) is 0. The summed E-state index contributed by atoms with van der Waals surface area (Å²) in [6, 6.07) is 21.4. The molecule has 0 bridgehead atoms. The van der Waals surface area contributed by atoms with E-state index in [9.17, 15) is 9.59 Å². The highest BCUT2D eigenvalue weighted by Crippen LogP contribution is 2.33. The van der Waals surface area contributed by atoms with Gasteiger partial charge in [-0.2, -0.15) is 0 Å². The summed E-state index contributed by atoms with van der Waals surface area (Å²) in [5.41, 5.74) is 12.2. The van der Waals surface area contributed by atoms with Gasteiger partial charge in [-0.1, -0.05) is 18.2 Å². The standard InChI is InChI=1S/C27H26N4O3/c28-26(32)20-3-1-2-18(15-20)14-19-4-9-25-23(16-19)24(27(33)30-25)17-29-21-5-7-22(8-6-21)31-10-12-34-13-11-31/h1-9,15-17,29H,10-14H2,(H2,28,32)(H,30,33). The number of carbonyl (C=O) groups excluding carboxylic acids is 2. The topological polar surface area (TPSA) is 96.7 Å². The van der Waals surface area contributed by atoms with E-state index in [1.54, 1.807) is 18.3 Å². The third-order valence-electron chi connectivity index (χ3n) is 6.11. The molecule has 7 heteroatoms. The minimum Gasteiger partial charge on any atom is -0.378 e. The number of primary amides is 1. The molecule has 0 spiro atoms. The van der Waals surface area contributed by atoms with Crippen LogP contribution >= 0.6 is 0 Å². The molecule has 0 radical (unpaired) electrons. The molecule has 2 heterocycles. The third kappa shape index (κ3) is 4.65. The first kappa shape index (κ1) is 21.7. The van der Waals surface area contributed by atoms with Gasteiger partial charge in [0.15, 0.2) is 0 Å². The van der Waals surface area contributed by atoms with Crippen molar-refractivity contribution in [2.75, 3.05) is 41.8 Å². The van der Waals surface area contributed by atoms with E-state index in [0.29, 0.717) is 17.6 Å². The second-order valence-electron chi connectivity index (χ2n) is 8.42. The number of morpholine rings is 1. The second kappa shape index (κ2) is 9.41. The van der Waals surface area contributed by atoms with Crippen LogP contribution in [0.15, 0.2) is 72.9 Å². The van der Waals surface area contributed by atoms with Crippen LogP contribution in [0.3, 0.4) is 0 Å². The number of rotatable bonds is 6. The van der Waals surface area contributed by atoms with Gasteiger partial charge in [0, 0.05) is 47.5 Å². The van der Waals surface area contributed by atoms with Gasteiger partial charge in [0.05, 0.1) is 18.8 Å². The minimum absolute atomic E-state index is 0.139. The lowest BCUT2D eigenvalue weighted by molar-refractivity contribution is -0.110. The van der Waals surface area contributed by atoms with Gasteiger partial charge in [0.2, 0.25) is 5.91 Å². The number of hydrogen-bond acceptors (Lipinski definition) is 5. The van der Waals surface area contributed by atoms with Crippen molar-refractivity contribution in [2.24, 2.45) is 5.73 Å². The molecular weight excluding hydrogens is 428 g/mol. The maximum Gasteiger partial charge on any atom is 0.257 e. The zero-order valence-electron chi connectivity index (χ0n) is 18.7. The van der Waals surface area contributed by atoms with Gasteiger partial charge in [-0.3, -0.25) is 9.59 Å². The summed E-state index contributed by atoms with van der Waals surface area (Å²) in [5.74, 6) is -0.583. The van der Waals surface area contributed by atoms with Gasteiger partial charge in [-0.15, -0.1) is 0 Å². The summed E-state index contributed by atoms with van der Waals surface area (Å²) in [5, 5.41) is 6.18. The van der Waals surface area contributed by atoms with Crippen molar-refractivity contribution in [3.63, 3.8) is 0 Å². The Bertz CT molecular complexity index is 1260. The number of benzene rings is 3. The Balaban J connectivity index is 1.32.